The van der Waals surface area contributed by atoms with E-state index in [1.54, 1.807) is 42.3 Å². The maximum atomic E-state index is 13.0. The molecule has 1 N–H and O–H groups in total. The Hall–Kier alpha value is -4.72. The Morgan fingerprint density at radius 3 is 2.59 bits per heavy atom. The number of anilines is 1. The first-order valence-corrected chi connectivity index (χ1v) is 12.2. The van der Waals surface area contributed by atoms with Gasteiger partial charge in [0, 0.05) is 36.3 Å². The molecule has 0 spiro atoms. The largest absolute Gasteiger partial charge is 0.416 e. The van der Waals surface area contributed by atoms with E-state index in [4.69, 9.17) is 4.98 Å². The number of rotatable bonds is 4. The Labute approximate surface area is 221 Å². The van der Waals surface area contributed by atoms with E-state index < -0.39 is 17.6 Å². The van der Waals surface area contributed by atoms with Gasteiger partial charge in [0.25, 0.3) is 11.8 Å². The van der Waals surface area contributed by atoms with Gasteiger partial charge in [0.15, 0.2) is 0 Å². The molecule has 39 heavy (non-hydrogen) atoms. The van der Waals surface area contributed by atoms with E-state index in [1.807, 2.05) is 17.5 Å². The van der Waals surface area contributed by atoms with E-state index in [2.05, 4.69) is 27.1 Å². The van der Waals surface area contributed by atoms with Crippen LogP contribution in [-0.4, -0.2) is 42.6 Å². The van der Waals surface area contributed by atoms with Crippen molar-refractivity contribution >= 4 is 23.1 Å². The van der Waals surface area contributed by atoms with Crippen molar-refractivity contribution in [1.82, 2.24) is 24.3 Å². The summed E-state index contributed by atoms with van der Waals surface area (Å²) in [6.45, 7) is 4.09. The van der Waals surface area contributed by atoms with Crippen LogP contribution in [0.3, 0.4) is 0 Å². The fraction of sp³-hybridized carbons (Fsp3) is 0.250. The Morgan fingerprint density at radius 2 is 1.87 bits per heavy atom. The van der Waals surface area contributed by atoms with E-state index in [9.17, 15) is 22.8 Å². The molecule has 2 amide bonds. The molecule has 198 valence electrons. The third-order valence-electron chi connectivity index (χ3n) is 6.56. The number of carbonyl (C=O) groups excluding carboxylic acids is 2. The topological polar surface area (TPSA) is 92.5 Å². The van der Waals surface area contributed by atoms with Crippen molar-refractivity contribution in [3.63, 3.8) is 0 Å². The average Bonchev–Trinajstić information content (AvgIpc) is 3.54. The lowest BCUT2D eigenvalue weighted by molar-refractivity contribution is -0.137. The molecule has 1 aliphatic rings. The Balaban J connectivity index is 1.46. The van der Waals surface area contributed by atoms with E-state index in [1.165, 1.54) is 0 Å². The molecule has 0 saturated carbocycles. The zero-order valence-corrected chi connectivity index (χ0v) is 21.1. The number of amides is 2. The SMILES string of the molecule is CC#CC(=O)N1CCCC1c1nc(-c2ccc(C(=O)Nc3cc(C(F)(F)F)ccn3)cc2)c2c(C)nccn12. The van der Waals surface area contributed by atoms with Crippen molar-refractivity contribution in [3.8, 4) is 23.1 Å². The lowest BCUT2D eigenvalue weighted by Crippen LogP contribution is -2.30. The predicted molar refractivity (Wildman–Crippen MR) is 137 cm³/mol. The van der Waals surface area contributed by atoms with Crippen molar-refractivity contribution in [2.24, 2.45) is 0 Å². The van der Waals surface area contributed by atoms with Crippen molar-refractivity contribution in [3.05, 3.63) is 77.6 Å². The number of aromatic nitrogens is 4. The second-order valence-corrected chi connectivity index (χ2v) is 9.04. The number of hydrogen-bond acceptors (Lipinski definition) is 5. The summed E-state index contributed by atoms with van der Waals surface area (Å²) in [7, 11) is 0. The van der Waals surface area contributed by atoms with Gasteiger partial charge in [0.2, 0.25) is 0 Å². The zero-order chi connectivity index (χ0) is 27.7. The van der Waals surface area contributed by atoms with Crippen LogP contribution in [0.5, 0.6) is 0 Å². The summed E-state index contributed by atoms with van der Waals surface area (Å²) in [5.74, 6) is 4.95. The highest BCUT2D eigenvalue weighted by molar-refractivity contribution is 6.04. The van der Waals surface area contributed by atoms with E-state index in [-0.39, 0.29) is 23.3 Å². The molecule has 1 unspecified atom stereocenters. The Bertz CT molecular complexity index is 1630. The van der Waals surface area contributed by atoms with Crippen LogP contribution >= 0.6 is 0 Å². The van der Waals surface area contributed by atoms with E-state index in [0.29, 0.717) is 23.6 Å². The number of benzene rings is 1. The van der Waals surface area contributed by atoms with Crippen LogP contribution in [0.15, 0.2) is 55.0 Å². The highest BCUT2D eigenvalue weighted by Crippen LogP contribution is 2.36. The van der Waals surface area contributed by atoms with Gasteiger partial charge in [-0.2, -0.15) is 13.2 Å². The molecular weight excluding hydrogens is 509 g/mol. The number of hydrogen-bond donors (Lipinski definition) is 1. The number of pyridine rings is 1. The molecule has 8 nitrogen and oxygen atoms in total. The lowest BCUT2D eigenvalue weighted by atomic mass is 10.1. The number of alkyl halides is 3. The number of carbonyl (C=O) groups is 2. The van der Waals surface area contributed by atoms with Gasteiger partial charge >= 0.3 is 6.18 Å². The summed E-state index contributed by atoms with van der Waals surface area (Å²) in [6.07, 6.45) is 1.52. The van der Waals surface area contributed by atoms with Crippen LogP contribution in [0.4, 0.5) is 19.0 Å². The van der Waals surface area contributed by atoms with Crippen LogP contribution in [-0.2, 0) is 11.0 Å². The van der Waals surface area contributed by atoms with Gasteiger partial charge in [-0.25, -0.2) is 9.97 Å². The summed E-state index contributed by atoms with van der Waals surface area (Å²) in [4.78, 5) is 40.2. The first kappa shape index (κ1) is 25.9. The second-order valence-electron chi connectivity index (χ2n) is 9.04. The molecule has 1 fully saturated rings. The maximum Gasteiger partial charge on any atom is 0.416 e. The zero-order valence-electron chi connectivity index (χ0n) is 21.1. The van der Waals surface area contributed by atoms with Gasteiger partial charge in [0.05, 0.1) is 28.5 Å². The fourth-order valence-electron chi connectivity index (χ4n) is 4.76. The second kappa shape index (κ2) is 10.2. The Morgan fingerprint density at radius 1 is 1.10 bits per heavy atom. The predicted octanol–water partition coefficient (Wildman–Crippen LogP) is 5.06. The number of nitrogens with zero attached hydrogens (tertiary/aromatic N) is 5. The summed E-state index contributed by atoms with van der Waals surface area (Å²) >= 11 is 0. The molecule has 0 radical (unpaired) electrons. The maximum absolute atomic E-state index is 13.0. The summed E-state index contributed by atoms with van der Waals surface area (Å²) in [5.41, 5.74) is 2.21. The minimum absolute atomic E-state index is 0.200. The smallest absolute Gasteiger partial charge is 0.322 e. The summed E-state index contributed by atoms with van der Waals surface area (Å²) in [5, 5.41) is 2.41. The number of nitrogens with one attached hydrogen (secondary N) is 1. The third-order valence-corrected chi connectivity index (χ3v) is 6.56. The molecule has 0 bridgehead atoms. The molecule has 1 aromatic carbocycles. The Kier molecular flexibility index (Phi) is 6.78. The number of likely N-dealkylation sites (tertiary alicyclic amines) is 1. The number of halogens is 3. The first-order valence-electron chi connectivity index (χ1n) is 12.2. The minimum Gasteiger partial charge on any atom is -0.322 e. The van der Waals surface area contributed by atoms with Crippen LogP contribution in [0.2, 0.25) is 0 Å². The fourth-order valence-corrected chi connectivity index (χ4v) is 4.76. The van der Waals surface area contributed by atoms with Crippen LogP contribution < -0.4 is 5.32 Å². The molecule has 1 aliphatic heterocycles. The number of fused-ring (bicyclic) bond motifs is 1. The molecule has 3 aromatic heterocycles. The number of imidazole rings is 1. The summed E-state index contributed by atoms with van der Waals surface area (Å²) in [6, 6.07) is 7.94. The van der Waals surface area contributed by atoms with Crippen LogP contribution in [0.25, 0.3) is 16.8 Å². The molecule has 5 rings (SSSR count). The van der Waals surface area contributed by atoms with E-state index in [0.717, 1.165) is 42.4 Å². The quantitative estimate of drug-likeness (QED) is 0.371. The van der Waals surface area contributed by atoms with Crippen molar-refractivity contribution in [1.29, 1.82) is 0 Å². The molecule has 11 heteroatoms. The lowest BCUT2D eigenvalue weighted by Gasteiger charge is -2.21. The highest BCUT2D eigenvalue weighted by Gasteiger charge is 2.34. The van der Waals surface area contributed by atoms with Crippen LogP contribution in [0, 0.1) is 18.8 Å². The third kappa shape index (κ3) is 5.05. The van der Waals surface area contributed by atoms with Gasteiger partial charge < -0.3 is 10.2 Å². The van der Waals surface area contributed by atoms with Crippen molar-refractivity contribution < 1.29 is 22.8 Å². The van der Waals surface area contributed by atoms with Gasteiger partial charge in [0.1, 0.15) is 11.6 Å². The van der Waals surface area contributed by atoms with Gasteiger partial charge in [-0.15, -0.1) is 0 Å². The summed E-state index contributed by atoms with van der Waals surface area (Å²) < 4.78 is 40.9. The molecule has 0 aliphatic carbocycles. The molecule has 4 aromatic rings. The van der Waals surface area contributed by atoms with Gasteiger partial charge in [-0.05, 0) is 56.9 Å². The standard InChI is InChI=1S/C28H23F3N6O2/c1-3-5-23(38)36-14-4-6-21(36)26-35-24(25-17(2)32-13-15-37(25)26)18-7-9-19(10-8-18)27(39)34-22-16-20(11-12-33-22)28(29,30)31/h7-13,15-16,21H,4,6,14H2,1-2H3,(H,33,34,39). The normalized spacial score (nSPS) is 15.2. The monoisotopic (exact) mass is 532 g/mol. The van der Waals surface area contributed by atoms with Crippen LogP contribution in [0.1, 0.15) is 53.2 Å². The molecule has 1 saturated heterocycles. The van der Waals surface area contributed by atoms with Gasteiger partial charge in [-0.1, -0.05) is 18.1 Å². The number of aryl methyl sites for hydroxylation is 1. The highest BCUT2D eigenvalue weighted by atomic mass is 19.4. The average molecular weight is 533 g/mol. The van der Waals surface area contributed by atoms with E-state index >= 15 is 0 Å². The molecule has 1 atom stereocenters. The molecule has 4 heterocycles. The first-order chi connectivity index (χ1) is 18.7. The molecular formula is C28H23F3N6O2. The minimum atomic E-state index is -4.55. The van der Waals surface area contributed by atoms with Gasteiger partial charge in [-0.3, -0.25) is 19.0 Å². The van der Waals surface area contributed by atoms with Crippen molar-refractivity contribution in [2.75, 3.05) is 11.9 Å². The van der Waals surface area contributed by atoms with Crippen molar-refractivity contribution in [2.45, 2.75) is 38.9 Å².